The number of nitrogens with zero attached hydrogens (tertiary/aromatic N) is 1. The van der Waals surface area contributed by atoms with E-state index in [0.29, 0.717) is 10.7 Å². The summed E-state index contributed by atoms with van der Waals surface area (Å²) in [5, 5.41) is 3.35. The van der Waals surface area contributed by atoms with Gasteiger partial charge in [0.2, 0.25) is 0 Å². The fourth-order valence-electron chi connectivity index (χ4n) is 0.765. The summed E-state index contributed by atoms with van der Waals surface area (Å²) in [5.74, 6) is -0.424. The van der Waals surface area contributed by atoms with Gasteiger partial charge in [-0.1, -0.05) is 11.6 Å². The van der Waals surface area contributed by atoms with E-state index in [1.807, 2.05) is 0 Å². The average molecular weight is 213 g/mol. The summed E-state index contributed by atoms with van der Waals surface area (Å²) in [4.78, 5) is 14.5. The van der Waals surface area contributed by atoms with E-state index in [4.69, 9.17) is 11.6 Å². The minimum atomic E-state index is -0.424. The molecule has 1 N–H and O–H groups in total. The molecule has 0 aromatic carbocycles. The van der Waals surface area contributed by atoms with Gasteiger partial charge >= 0.3 is 5.97 Å². The van der Waals surface area contributed by atoms with Crippen LogP contribution in [-0.4, -0.2) is 18.1 Å². The van der Waals surface area contributed by atoms with Gasteiger partial charge in [-0.15, -0.1) is 0 Å². The lowest BCUT2D eigenvalue weighted by Crippen LogP contribution is -1.96. The molecule has 0 unspecified atom stereocenters. The molecule has 0 saturated heterocycles. The van der Waals surface area contributed by atoms with E-state index >= 15 is 0 Å². The van der Waals surface area contributed by atoms with E-state index in [-0.39, 0.29) is 0 Å². The molecule has 74 valence electrons. The molecule has 4 nitrogen and oxygen atoms in total. The molecule has 14 heavy (non-hydrogen) atoms. The Morgan fingerprint density at radius 2 is 2.43 bits per heavy atom. The molecule has 0 spiro atoms. The molecule has 0 aliphatic heterocycles. The van der Waals surface area contributed by atoms with Crippen LogP contribution in [0.15, 0.2) is 30.7 Å². The highest BCUT2D eigenvalue weighted by atomic mass is 35.5. The van der Waals surface area contributed by atoms with Crippen molar-refractivity contribution in [1.82, 2.24) is 4.98 Å². The average Bonchev–Trinajstić information content (AvgIpc) is 2.17. The lowest BCUT2D eigenvalue weighted by atomic mass is 10.4. The first-order valence-electron chi connectivity index (χ1n) is 3.84. The number of hydrogen-bond donors (Lipinski definition) is 1. The lowest BCUT2D eigenvalue weighted by Gasteiger charge is -1.99. The number of pyridine rings is 1. The molecule has 1 aromatic rings. The summed E-state index contributed by atoms with van der Waals surface area (Å²) in [6.45, 7) is 0. The van der Waals surface area contributed by atoms with Crippen LogP contribution in [0.4, 0.5) is 5.69 Å². The van der Waals surface area contributed by atoms with Crippen LogP contribution in [-0.2, 0) is 9.53 Å². The molecule has 0 amide bonds. The molecule has 0 bridgehead atoms. The molecule has 0 aliphatic carbocycles. The van der Waals surface area contributed by atoms with Gasteiger partial charge < -0.3 is 10.1 Å². The Hall–Kier alpha value is -1.55. The summed E-state index contributed by atoms with van der Waals surface area (Å²) in [6, 6.07) is 1.69. The summed E-state index contributed by atoms with van der Waals surface area (Å²) >= 11 is 5.70. The van der Waals surface area contributed by atoms with Crippen LogP contribution in [0, 0.1) is 0 Å². The molecule has 1 heterocycles. The summed E-state index contributed by atoms with van der Waals surface area (Å²) in [7, 11) is 1.31. The SMILES string of the molecule is COC(=O)/C=C/Nc1cncc(Cl)c1. The smallest absolute Gasteiger partial charge is 0.331 e. The largest absolute Gasteiger partial charge is 0.466 e. The third kappa shape index (κ3) is 3.45. The number of ether oxygens (including phenoxy) is 1. The second kappa shape index (κ2) is 5.24. The first kappa shape index (κ1) is 10.5. The molecule has 0 atom stereocenters. The maximum Gasteiger partial charge on any atom is 0.331 e. The second-order valence-corrected chi connectivity index (χ2v) is 2.83. The number of hydrogen-bond acceptors (Lipinski definition) is 4. The maximum absolute atomic E-state index is 10.7. The van der Waals surface area contributed by atoms with Crippen LogP contribution in [0.5, 0.6) is 0 Å². The fourth-order valence-corrected chi connectivity index (χ4v) is 0.939. The molecule has 5 heteroatoms. The van der Waals surface area contributed by atoms with Crippen LogP contribution in [0.2, 0.25) is 5.02 Å². The van der Waals surface area contributed by atoms with Gasteiger partial charge in [-0.3, -0.25) is 4.98 Å². The van der Waals surface area contributed by atoms with Crippen LogP contribution >= 0.6 is 11.6 Å². The van der Waals surface area contributed by atoms with Crippen molar-refractivity contribution in [2.45, 2.75) is 0 Å². The Balaban J connectivity index is 2.53. The number of esters is 1. The van der Waals surface area contributed by atoms with Gasteiger partial charge in [-0.25, -0.2) is 4.79 Å². The number of aromatic nitrogens is 1. The maximum atomic E-state index is 10.7. The highest BCUT2D eigenvalue weighted by molar-refractivity contribution is 6.30. The first-order chi connectivity index (χ1) is 6.72. The van der Waals surface area contributed by atoms with Crippen molar-refractivity contribution in [3.05, 3.63) is 35.8 Å². The van der Waals surface area contributed by atoms with Crippen molar-refractivity contribution in [1.29, 1.82) is 0 Å². The topological polar surface area (TPSA) is 51.2 Å². The van der Waals surface area contributed by atoms with E-state index in [1.165, 1.54) is 25.6 Å². The number of carbonyl (C=O) groups is 1. The molecule has 0 fully saturated rings. The first-order valence-corrected chi connectivity index (χ1v) is 4.22. The van der Waals surface area contributed by atoms with Crippen molar-refractivity contribution < 1.29 is 9.53 Å². The Bertz CT molecular complexity index is 352. The van der Waals surface area contributed by atoms with Crippen molar-refractivity contribution in [3.8, 4) is 0 Å². The molecule has 1 rings (SSSR count). The number of nitrogens with one attached hydrogen (secondary N) is 1. The van der Waals surface area contributed by atoms with Crippen LogP contribution in [0.3, 0.4) is 0 Å². The van der Waals surface area contributed by atoms with E-state index in [9.17, 15) is 4.79 Å². The number of halogens is 1. The predicted molar refractivity (Wildman–Crippen MR) is 54.0 cm³/mol. The van der Waals surface area contributed by atoms with Gasteiger partial charge in [-0.05, 0) is 6.07 Å². The Kier molecular flexibility index (Phi) is 3.94. The van der Waals surface area contributed by atoms with E-state index in [1.54, 1.807) is 12.3 Å². The van der Waals surface area contributed by atoms with Crippen LogP contribution < -0.4 is 5.32 Å². The molecule has 0 aliphatic rings. The van der Waals surface area contributed by atoms with Crippen LogP contribution in [0.1, 0.15) is 0 Å². The van der Waals surface area contributed by atoms with E-state index < -0.39 is 5.97 Å². The quantitative estimate of drug-likeness (QED) is 0.614. The molecular formula is C9H9ClN2O2. The molecular weight excluding hydrogens is 204 g/mol. The predicted octanol–water partition coefficient (Wildman–Crippen LogP) is 1.83. The summed E-state index contributed by atoms with van der Waals surface area (Å²) in [5.41, 5.74) is 0.706. The zero-order valence-electron chi connectivity index (χ0n) is 7.53. The molecule has 0 saturated carbocycles. The lowest BCUT2D eigenvalue weighted by molar-refractivity contribution is -0.134. The van der Waals surface area contributed by atoms with Crippen molar-refractivity contribution in [2.75, 3.05) is 12.4 Å². The Morgan fingerprint density at radius 1 is 1.64 bits per heavy atom. The second-order valence-electron chi connectivity index (χ2n) is 2.39. The zero-order chi connectivity index (χ0) is 10.4. The Morgan fingerprint density at radius 3 is 3.07 bits per heavy atom. The number of rotatable bonds is 3. The van der Waals surface area contributed by atoms with Crippen LogP contribution in [0.25, 0.3) is 0 Å². The summed E-state index contributed by atoms with van der Waals surface area (Å²) in [6.07, 6.45) is 5.84. The number of carbonyl (C=O) groups excluding carboxylic acids is 1. The molecule has 1 aromatic heterocycles. The monoisotopic (exact) mass is 212 g/mol. The van der Waals surface area contributed by atoms with Gasteiger partial charge in [0, 0.05) is 18.5 Å². The van der Waals surface area contributed by atoms with Crippen molar-refractivity contribution in [3.63, 3.8) is 0 Å². The minimum Gasteiger partial charge on any atom is -0.466 e. The minimum absolute atomic E-state index is 0.424. The van der Waals surface area contributed by atoms with Crippen molar-refractivity contribution in [2.24, 2.45) is 0 Å². The van der Waals surface area contributed by atoms with Gasteiger partial charge in [0.15, 0.2) is 0 Å². The van der Waals surface area contributed by atoms with E-state index in [0.717, 1.165) is 0 Å². The van der Waals surface area contributed by atoms with Gasteiger partial charge in [0.05, 0.1) is 24.0 Å². The van der Waals surface area contributed by atoms with E-state index in [2.05, 4.69) is 15.0 Å². The number of methoxy groups -OCH3 is 1. The number of anilines is 1. The van der Waals surface area contributed by atoms with Gasteiger partial charge in [0.1, 0.15) is 0 Å². The zero-order valence-corrected chi connectivity index (χ0v) is 8.28. The van der Waals surface area contributed by atoms with Gasteiger partial charge in [0.25, 0.3) is 0 Å². The third-order valence-electron chi connectivity index (χ3n) is 1.38. The molecule has 0 radical (unpaired) electrons. The summed E-state index contributed by atoms with van der Waals surface area (Å²) < 4.78 is 4.40. The normalized spacial score (nSPS) is 10.1. The van der Waals surface area contributed by atoms with Crippen molar-refractivity contribution >= 4 is 23.3 Å². The highest BCUT2D eigenvalue weighted by Gasteiger charge is 1.92. The fraction of sp³-hybridized carbons (Fsp3) is 0.111. The Labute approximate surface area is 86.5 Å². The highest BCUT2D eigenvalue weighted by Crippen LogP contribution is 2.12. The third-order valence-corrected chi connectivity index (χ3v) is 1.58. The van der Waals surface area contributed by atoms with Gasteiger partial charge in [-0.2, -0.15) is 0 Å². The standard InChI is InChI=1S/C9H9ClN2O2/c1-14-9(13)2-3-12-8-4-7(10)5-11-6-8/h2-6,12H,1H3/b3-2+.